The van der Waals surface area contributed by atoms with Crippen LogP contribution in [0.1, 0.15) is 74.6 Å². The molecule has 1 aromatic heterocycles. The number of carbonyl (C=O) groups excluding carboxylic acids is 2. The predicted molar refractivity (Wildman–Crippen MR) is 158 cm³/mol. The molecule has 0 unspecified atom stereocenters. The summed E-state index contributed by atoms with van der Waals surface area (Å²) < 4.78 is 5.99. The van der Waals surface area contributed by atoms with E-state index >= 15 is 0 Å². The van der Waals surface area contributed by atoms with Gasteiger partial charge in [-0.1, -0.05) is 30.3 Å². The van der Waals surface area contributed by atoms with Crippen molar-refractivity contribution >= 4 is 23.2 Å². The minimum Gasteiger partial charge on any atom is -0.493 e. The van der Waals surface area contributed by atoms with Crippen molar-refractivity contribution in [3.05, 3.63) is 80.8 Å². The van der Waals surface area contributed by atoms with E-state index in [9.17, 15) is 14.7 Å². The zero-order valence-corrected chi connectivity index (χ0v) is 24.3. The number of carbonyl (C=O) groups is 2. The Balaban J connectivity index is 1.28. The summed E-state index contributed by atoms with van der Waals surface area (Å²) in [5, 5.41) is 20.7. The Morgan fingerprint density at radius 2 is 2.02 bits per heavy atom. The second kappa shape index (κ2) is 12.3. The van der Waals surface area contributed by atoms with Crippen LogP contribution in [0.2, 0.25) is 0 Å². The largest absolute Gasteiger partial charge is 0.493 e. The van der Waals surface area contributed by atoms with E-state index in [1.54, 1.807) is 23.5 Å². The number of nitrogens with one attached hydrogen (secondary N) is 2. The van der Waals surface area contributed by atoms with E-state index in [-0.39, 0.29) is 23.9 Å². The number of fused-ring (bicyclic) bond motifs is 1. The molecule has 2 aliphatic heterocycles. The van der Waals surface area contributed by atoms with Crippen LogP contribution in [-0.4, -0.2) is 64.2 Å². The van der Waals surface area contributed by atoms with Crippen LogP contribution in [0.4, 0.5) is 0 Å². The molecule has 0 bridgehead atoms. The molecular weight excluding hydrogens is 536 g/mol. The number of hydrogen-bond donors (Lipinski definition) is 3. The molecule has 2 aromatic carbocycles. The third-order valence-corrected chi connectivity index (χ3v) is 9.24. The van der Waals surface area contributed by atoms with Gasteiger partial charge in [0.15, 0.2) is 0 Å². The van der Waals surface area contributed by atoms with Gasteiger partial charge in [0.2, 0.25) is 0 Å². The van der Waals surface area contributed by atoms with Gasteiger partial charge in [0, 0.05) is 39.8 Å². The number of aliphatic hydroxyl groups excluding tert-OH is 1. The number of aromatic nitrogens is 1. The lowest BCUT2D eigenvalue weighted by Crippen LogP contribution is -2.52. The summed E-state index contributed by atoms with van der Waals surface area (Å²) >= 11 is 1.57. The summed E-state index contributed by atoms with van der Waals surface area (Å²) in [7, 11) is 0. The Hall–Kier alpha value is -3.27. The molecule has 2 fully saturated rings. The maximum absolute atomic E-state index is 14.1. The summed E-state index contributed by atoms with van der Waals surface area (Å²) in [5.74, 6) is 0.209. The van der Waals surface area contributed by atoms with Gasteiger partial charge in [-0.3, -0.25) is 9.59 Å². The van der Waals surface area contributed by atoms with Gasteiger partial charge in [-0.25, -0.2) is 4.98 Å². The predicted octanol–water partition coefficient (Wildman–Crippen LogP) is 4.04. The van der Waals surface area contributed by atoms with Crippen LogP contribution in [0.3, 0.4) is 0 Å². The van der Waals surface area contributed by atoms with E-state index in [2.05, 4.69) is 15.6 Å². The summed E-state index contributed by atoms with van der Waals surface area (Å²) in [5.41, 5.74) is 3.77. The maximum atomic E-state index is 14.1. The zero-order chi connectivity index (χ0) is 28.3. The first-order valence-corrected chi connectivity index (χ1v) is 15.6. The molecule has 0 radical (unpaired) electrons. The van der Waals surface area contributed by atoms with Gasteiger partial charge in [0.25, 0.3) is 11.8 Å². The van der Waals surface area contributed by atoms with E-state index in [1.165, 1.54) is 0 Å². The topological polar surface area (TPSA) is 104 Å². The molecule has 1 saturated carbocycles. The van der Waals surface area contributed by atoms with E-state index in [0.717, 1.165) is 66.9 Å². The molecule has 41 heavy (non-hydrogen) atoms. The second-order valence-electron chi connectivity index (χ2n) is 11.5. The fourth-order valence-corrected chi connectivity index (χ4v) is 6.74. The smallest absolute Gasteiger partial charge is 0.254 e. The highest BCUT2D eigenvalue weighted by Crippen LogP contribution is 2.35. The minimum atomic E-state index is -0.747. The number of benzene rings is 2. The van der Waals surface area contributed by atoms with Crippen LogP contribution in [0.25, 0.3) is 0 Å². The zero-order valence-electron chi connectivity index (χ0n) is 23.5. The number of nitrogens with zero attached hydrogens (tertiary/aromatic N) is 2. The first-order valence-electron chi connectivity index (χ1n) is 14.7. The third-order valence-electron chi connectivity index (χ3n) is 8.29. The van der Waals surface area contributed by atoms with Gasteiger partial charge < -0.3 is 25.4 Å². The maximum Gasteiger partial charge on any atom is 0.254 e. The van der Waals surface area contributed by atoms with Crippen LogP contribution < -0.4 is 15.4 Å². The first kappa shape index (κ1) is 27.9. The van der Waals surface area contributed by atoms with E-state index < -0.39 is 12.1 Å². The van der Waals surface area contributed by atoms with Crippen LogP contribution >= 0.6 is 11.3 Å². The number of aliphatic hydroxyl groups is 1. The number of rotatable bonds is 10. The molecule has 216 valence electrons. The van der Waals surface area contributed by atoms with Crippen molar-refractivity contribution in [1.82, 2.24) is 20.5 Å². The monoisotopic (exact) mass is 574 g/mol. The summed E-state index contributed by atoms with van der Waals surface area (Å²) in [6, 6.07) is 13.0. The number of hydrogen-bond acceptors (Lipinski definition) is 7. The van der Waals surface area contributed by atoms with Crippen molar-refractivity contribution < 1.29 is 19.4 Å². The van der Waals surface area contributed by atoms with E-state index in [0.29, 0.717) is 36.4 Å². The standard InChI is InChI=1S/C32H38N4O4S/c1-20-19-41-29(34-20)18-36(23-11-12-23)32(39)25-16-22(17-28-24(25)9-6-14-40-28)31(38)35-27(15-21-7-3-2-4-8-21)30(37)26-10-5-13-33-26/h2-4,7-8,16-17,19,23,26-27,30,33,37H,5-6,9-15,18H2,1H3,(H,35,38)/t26-,27+,30-/m1/s1. The summed E-state index contributed by atoms with van der Waals surface area (Å²) in [4.78, 5) is 34.4. The average molecular weight is 575 g/mol. The number of thiazole rings is 1. The lowest BCUT2D eigenvalue weighted by molar-refractivity contribution is 0.0726. The van der Waals surface area contributed by atoms with Gasteiger partial charge in [0.05, 0.1) is 25.3 Å². The van der Waals surface area contributed by atoms with Gasteiger partial charge in [-0.05, 0) is 76.1 Å². The lowest BCUT2D eigenvalue weighted by atomic mass is 9.93. The Labute approximate surface area is 245 Å². The third kappa shape index (κ3) is 6.47. The molecular formula is C32H38N4O4S. The first-order chi connectivity index (χ1) is 20.0. The van der Waals surface area contributed by atoms with Crippen molar-refractivity contribution in [3.8, 4) is 5.75 Å². The molecule has 3 heterocycles. The molecule has 2 amide bonds. The van der Waals surface area contributed by atoms with Crippen molar-refractivity contribution in [1.29, 1.82) is 0 Å². The van der Waals surface area contributed by atoms with Crippen molar-refractivity contribution in [2.45, 2.75) is 82.6 Å². The van der Waals surface area contributed by atoms with E-state index in [4.69, 9.17) is 4.74 Å². The quantitative estimate of drug-likeness (QED) is 0.338. The Morgan fingerprint density at radius 1 is 1.20 bits per heavy atom. The fourth-order valence-electron chi connectivity index (χ4n) is 5.97. The molecule has 3 aromatic rings. The molecule has 3 atom stereocenters. The average Bonchev–Trinajstić information content (AvgIpc) is 3.51. The lowest BCUT2D eigenvalue weighted by Gasteiger charge is -2.29. The van der Waals surface area contributed by atoms with Crippen LogP contribution in [0, 0.1) is 6.92 Å². The molecule has 3 N–H and O–H groups in total. The van der Waals surface area contributed by atoms with Crippen molar-refractivity contribution in [2.24, 2.45) is 0 Å². The second-order valence-corrected chi connectivity index (χ2v) is 12.4. The molecule has 8 nitrogen and oxygen atoms in total. The highest BCUT2D eigenvalue weighted by Gasteiger charge is 2.36. The number of ether oxygens (including phenoxy) is 1. The molecule has 1 saturated heterocycles. The van der Waals surface area contributed by atoms with E-state index in [1.807, 2.05) is 47.5 Å². The molecule has 3 aliphatic rings. The summed E-state index contributed by atoms with van der Waals surface area (Å²) in [6.07, 6.45) is 5.13. The van der Waals surface area contributed by atoms with Crippen molar-refractivity contribution in [3.63, 3.8) is 0 Å². The van der Waals surface area contributed by atoms with Crippen LogP contribution in [0.5, 0.6) is 5.75 Å². The molecule has 6 rings (SSSR count). The van der Waals surface area contributed by atoms with Crippen molar-refractivity contribution in [2.75, 3.05) is 13.2 Å². The van der Waals surface area contributed by atoms with Gasteiger partial charge in [0.1, 0.15) is 10.8 Å². The Kier molecular flexibility index (Phi) is 8.37. The van der Waals surface area contributed by atoms with Crippen LogP contribution in [0.15, 0.2) is 47.8 Å². The highest BCUT2D eigenvalue weighted by atomic mass is 32.1. The number of aryl methyl sites for hydroxylation is 1. The Bertz CT molecular complexity index is 1380. The van der Waals surface area contributed by atoms with Gasteiger partial charge >= 0.3 is 0 Å². The molecule has 9 heteroatoms. The number of amides is 2. The molecule has 1 aliphatic carbocycles. The SMILES string of the molecule is Cc1csc(CN(C(=O)c2cc(C(=O)N[C@@H](Cc3ccccc3)[C@H](O)[C@H]3CCCN3)cc3c2CCCO3)C2CC2)n1. The Morgan fingerprint density at radius 3 is 2.73 bits per heavy atom. The fraction of sp³-hybridized carbons (Fsp3) is 0.469. The normalized spacial score (nSPS) is 19.6. The van der Waals surface area contributed by atoms with Gasteiger partial charge in [-0.2, -0.15) is 0 Å². The summed E-state index contributed by atoms with van der Waals surface area (Å²) in [6.45, 7) is 3.84. The minimum absolute atomic E-state index is 0.0744. The van der Waals surface area contributed by atoms with Gasteiger partial charge in [-0.15, -0.1) is 11.3 Å². The molecule has 0 spiro atoms. The van der Waals surface area contributed by atoms with Crippen LogP contribution in [-0.2, 0) is 19.4 Å². The highest BCUT2D eigenvalue weighted by molar-refractivity contribution is 7.09.